The molecule has 1 fully saturated rings. The predicted molar refractivity (Wildman–Crippen MR) is 136 cm³/mol. The minimum Gasteiger partial charge on any atom is -0.421 e. The van der Waals surface area contributed by atoms with Gasteiger partial charge in [-0.05, 0) is 32.9 Å². The van der Waals surface area contributed by atoms with Crippen molar-refractivity contribution in [2.45, 2.75) is 26.8 Å². The Hall–Kier alpha value is -3.99. The van der Waals surface area contributed by atoms with Crippen LogP contribution in [0.25, 0.3) is 17.0 Å². The highest BCUT2D eigenvalue weighted by molar-refractivity contribution is 5.82. The number of ether oxygens (including phenoxy) is 1. The quantitative estimate of drug-likeness (QED) is 0.330. The Kier molecular flexibility index (Phi) is 6.55. The maximum atomic E-state index is 15.0. The molecule has 36 heavy (non-hydrogen) atoms. The highest BCUT2D eigenvalue weighted by Gasteiger charge is 2.22. The topological polar surface area (TPSA) is 98.0 Å². The minimum atomic E-state index is -0.690. The number of hydrogen-bond donors (Lipinski definition) is 3. The zero-order chi connectivity index (χ0) is 25.2. The summed E-state index contributed by atoms with van der Waals surface area (Å²) in [6.07, 6.45) is 5.26. The molecule has 0 saturated carbocycles. The van der Waals surface area contributed by atoms with E-state index in [9.17, 15) is 4.39 Å². The van der Waals surface area contributed by atoms with E-state index in [1.54, 1.807) is 6.07 Å². The molecule has 1 aromatic carbocycles. The Balaban J connectivity index is 1.47. The molecule has 1 aliphatic heterocycles. The van der Waals surface area contributed by atoms with E-state index in [0.717, 1.165) is 37.9 Å². The lowest BCUT2D eigenvalue weighted by molar-refractivity contribution is 0.209. The number of aromatic amines is 2. The van der Waals surface area contributed by atoms with Crippen molar-refractivity contribution in [2.24, 2.45) is 0 Å². The number of anilines is 3. The zero-order valence-electron chi connectivity index (χ0n) is 20.3. The first-order valence-corrected chi connectivity index (χ1v) is 11.9. The first-order chi connectivity index (χ1) is 17.4. The molecule has 1 saturated heterocycles. The summed E-state index contributed by atoms with van der Waals surface area (Å²) >= 11 is 0. The van der Waals surface area contributed by atoms with Gasteiger partial charge in [0.2, 0.25) is 0 Å². The number of fused-ring (bicyclic) bond motifs is 1. The second kappa shape index (κ2) is 9.94. The van der Waals surface area contributed by atoms with Crippen LogP contribution < -0.4 is 15.0 Å². The van der Waals surface area contributed by atoms with Crippen LogP contribution in [0.15, 0.2) is 36.5 Å². The number of allylic oxidation sites excluding steroid dienone is 1. The van der Waals surface area contributed by atoms with Crippen LogP contribution in [0.2, 0.25) is 0 Å². The molecule has 1 aliphatic rings. The summed E-state index contributed by atoms with van der Waals surface area (Å²) in [7, 11) is 0. The van der Waals surface area contributed by atoms with E-state index in [4.69, 9.17) is 4.74 Å². The van der Waals surface area contributed by atoms with Gasteiger partial charge in [-0.3, -0.25) is 10.00 Å². The third-order valence-electron chi connectivity index (χ3n) is 6.16. The van der Waals surface area contributed by atoms with E-state index in [0.29, 0.717) is 23.5 Å². The van der Waals surface area contributed by atoms with Gasteiger partial charge in [0.05, 0.1) is 11.2 Å². The highest BCUT2D eigenvalue weighted by Crippen LogP contribution is 2.32. The summed E-state index contributed by atoms with van der Waals surface area (Å²) in [6.45, 7) is 9.57. The van der Waals surface area contributed by atoms with Crippen LogP contribution in [0.4, 0.5) is 26.2 Å². The number of nitrogens with one attached hydrogen (secondary N) is 3. The van der Waals surface area contributed by atoms with Gasteiger partial charge in [0.15, 0.2) is 23.2 Å². The molecule has 0 bridgehead atoms. The van der Waals surface area contributed by atoms with Crippen molar-refractivity contribution < 1.29 is 13.5 Å². The molecule has 188 valence electrons. The third kappa shape index (κ3) is 4.87. The molecule has 0 spiro atoms. The molecule has 9 nitrogen and oxygen atoms in total. The number of H-pyrrole nitrogens is 2. The Morgan fingerprint density at radius 2 is 1.89 bits per heavy atom. The largest absolute Gasteiger partial charge is 0.421 e. The molecule has 0 radical (unpaired) electrons. The molecular weight excluding hydrogens is 466 g/mol. The van der Waals surface area contributed by atoms with Gasteiger partial charge in [-0.15, -0.1) is 0 Å². The summed E-state index contributed by atoms with van der Waals surface area (Å²) in [4.78, 5) is 16.2. The monoisotopic (exact) mass is 494 g/mol. The standard InChI is InChI=1S/C25H28F2N8O/c1-4-5-16-12-21(33-32-16)29-20-14-22(35-10-8-34(9-11-35)15(2)3)31-25(30-20)36-19-13-18(26)24-17(23(19)27)6-7-28-24/h4-7,12-15,28H,8-11H2,1-3H3,(H2,29,30,31,32,33)/b5-4+. The van der Waals surface area contributed by atoms with Crippen molar-refractivity contribution in [1.29, 1.82) is 0 Å². The van der Waals surface area contributed by atoms with Crippen molar-refractivity contribution in [3.8, 4) is 11.8 Å². The van der Waals surface area contributed by atoms with E-state index < -0.39 is 11.6 Å². The number of hydrogen-bond acceptors (Lipinski definition) is 7. The maximum absolute atomic E-state index is 15.0. The average Bonchev–Trinajstić information content (AvgIpc) is 3.53. The smallest absolute Gasteiger partial charge is 0.326 e. The minimum absolute atomic E-state index is 0.0790. The van der Waals surface area contributed by atoms with E-state index in [-0.39, 0.29) is 22.7 Å². The number of aromatic nitrogens is 5. The maximum Gasteiger partial charge on any atom is 0.326 e. The number of halogens is 2. The molecule has 3 aromatic heterocycles. The molecule has 0 unspecified atom stereocenters. The SMILES string of the molecule is C/C=C/c1cc(Nc2cc(N3CCN(C(C)C)CC3)nc(Oc3cc(F)c4[nH]ccc4c3F)n2)n[nH]1. The van der Waals surface area contributed by atoms with Crippen LogP contribution in [0.5, 0.6) is 11.8 Å². The van der Waals surface area contributed by atoms with Gasteiger partial charge >= 0.3 is 6.01 Å². The van der Waals surface area contributed by atoms with E-state index in [1.165, 1.54) is 12.3 Å². The van der Waals surface area contributed by atoms with Crippen LogP contribution >= 0.6 is 0 Å². The summed E-state index contributed by atoms with van der Waals surface area (Å²) in [5.74, 6) is -0.0114. The van der Waals surface area contributed by atoms with Gasteiger partial charge in [-0.25, -0.2) is 8.78 Å². The fraction of sp³-hybridized carbons (Fsp3) is 0.320. The molecule has 0 aliphatic carbocycles. The number of benzene rings is 1. The molecular formula is C25H28F2N8O. The molecule has 5 rings (SSSR count). The lowest BCUT2D eigenvalue weighted by atomic mass is 10.2. The van der Waals surface area contributed by atoms with Gasteiger partial charge < -0.3 is 19.9 Å². The molecule has 4 heterocycles. The fourth-order valence-electron chi connectivity index (χ4n) is 4.25. The van der Waals surface area contributed by atoms with Crippen LogP contribution in [0.1, 0.15) is 26.5 Å². The van der Waals surface area contributed by atoms with Crippen LogP contribution in [0, 0.1) is 11.6 Å². The molecule has 3 N–H and O–H groups in total. The Morgan fingerprint density at radius 3 is 2.64 bits per heavy atom. The molecule has 4 aromatic rings. The van der Waals surface area contributed by atoms with E-state index in [1.807, 2.05) is 25.1 Å². The first-order valence-electron chi connectivity index (χ1n) is 11.9. The first kappa shape index (κ1) is 23.7. The van der Waals surface area contributed by atoms with Crippen molar-refractivity contribution in [3.05, 3.63) is 53.9 Å². The number of piperazine rings is 1. The third-order valence-corrected chi connectivity index (χ3v) is 6.16. The van der Waals surface area contributed by atoms with Crippen molar-refractivity contribution >= 4 is 34.4 Å². The number of nitrogens with zero attached hydrogens (tertiary/aromatic N) is 5. The van der Waals surface area contributed by atoms with Gasteiger partial charge in [-0.2, -0.15) is 15.1 Å². The van der Waals surface area contributed by atoms with Crippen LogP contribution in [-0.2, 0) is 0 Å². The molecule has 0 amide bonds. The van der Waals surface area contributed by atoms with Crippen LogP contribution in [0.3, 0.4) is 0 Å². The van der Waals surface area contributed by atoms with Gasteiger partial charge in [0.1, 0.15) is 11.6 Å². The molecule has 0 atom stereocenters. The Bertz CT molecular complexity index is 1390. The van der Waals surface area contributed by atoms with Crippen LogP contribution in [-0.4, -0.2) is 62.3 Å². The van der Waals surface area contributed by atoms with Gasteiger partial charge in [0, 0.05) is 62.0 Å². The Labute approximate surface area is 207 Å². The average molecular weight is 495 g/mol. The lowest BCUT2D eigenvalue weighted by Crippen LogP contribution is -2.49. The fourth-order valence-corrected chi connectivity index (χ4v) is 4.25. The number of rotatable bonds is 7. The summed E-state index contributed by atoms with van der Waals surface area (Å²) < 4.78 is 35.3. The summed E-state index contributed by atoms with van der Waals surface area (Å²) in [5, 5.41) is 10.4. The lowest BCUT2D eigenvalue weighted by Gasteiger charge is -2.37. The molecule has 11 heteroatoms. The normalized spacial score (nSPS) is 14.9. The van der Waals surface area contributed by atoms with Gasteiger partial charge in [0.25, 0.3) is 0 Å². The van der Waals surface area contributed by atoms with Gasteiger partial charge in [-0.1, -0.05) is 6.08 Å². The summed E-state index contributed by atoms with van der Waals surface area (Å²) in [6, 6.07) is 6.45. The zero-order valence-corrected chi connectivity index (χ0v) is 20.3. The van der Waals surface area contributed by atoms with Crippen molar-refractivity contribution in [2.75, 3.05) is 36.4 Å². The predicted octanol–water partition coefficient (Wildman–Crippen LogP) is 5.06. The van der Waals surface area contributed by atoms with Crippen molar-refractivity contribution in [3.63, 3.8) is 0 Å². The van der Waals surface area contributed by atoms with E-state index in [2.05, 4.69) is 54.1 Å². The van der Waals surface area contributed by atoms with Crippen molar-refractivity contribution in [1.82, 2.24) is 30.0 Å². The summed E-state index contributed by atoms with van der Waals surface area (Å²) in [5.41, 5.74) is 0.906. The van der Waals surface area contributed by atoms with E-state index >= 15 is 4.39 Å². The highest BCUT2D eigenvalue weighted by atomic mass is 19.1. The second-order valence-electron chi connectivity index (χ2n) is 8.88. The Morgan fingerprint density at radius 1 is 1.08 bits per heavy atom. The second-order valence-corrected chi connectivity index (χ2v) is 8.88.